The number of hydrogen-bond acceptors (Lipinski definition) is 3. The van der Waals surface area contributed by atoms with Crippen LogP contribution in [0.4, 0.5) is 0 Å². The molecule has 21 heavy (non-hydrogen) atoms. The van der Waals surface area contributed by atoms with Gasteiger partial charge in [0.15, 0.2) is 0 Å². The van der Waals surface area contributed by atoms with Gasteiger partial charge < -0.3 is 15.6 Å². The molecule has 0 aromatic heterocycles. The summed E-state index contributed by atoms with van der Waals surface area (Å²) in [5.74, 6) is 0.912. The van der Waals surface area contributed by atoms with Gasteiger partial charge in [0.1, 0.15) is 5.75 Å². The summed E-state index contributed by atoms with van der Waals surface area (Å²) in [5, 5.41) is 9.30. The molecule has 0 heterocycles. The molecule has 0 amide bonds. The number of rotatable bonds is 8. The van der Waals surface area contributed by atoms with Crippen LogP contribution in [0.1, 0.15) is 37.7 Å². The van der Waals surface area contributed by atoms with Crippen molar-refractivity contribution in [2.45, 2.75) is 38.5 Å². The third-order valence-electron chi connectivity index (χ3n) is 4.35. The maximum atomic E-state index is 9.30. The Balaban J connectivity index is 1.84. The smallest absolute Gasteiger partial charge is 0.119 e. The van der Waals surface area contributed by atoms with E-state index in [0.717, 1.165) is 37.9 Å². The highest BCUT2D eigenvalue weighted by Crippen LogP contribution is 2.37. The third kappa shape index (κ3) is 4.87. The standard InChI is InChI=1S/C18H27NO2/c19-13-8-16-4-6-17(7-5-16)21-15-12-18(11-14-20)9-2-1-3-10-18/h2,4-7,9,20H,1,3,8,10-15,19H2. The van der Waals surface area contributed by atoms with Crippen molar-refractivity contribution >= 4 is 0 Å². The lowest BCUT2D eigenvalue weighted by Crippen LogP contribution is -2.24. The molecule has 1 aromatic carbocycles. The summed E-state index contributed by atoms with van der Waals surface area (Å²) < 4.78 is 5.87. The number of nitrogens with two attached hydrogens (primary N) is 1. The largest absolute Gasteiger partial charge is 0.494 e. The normalized spacial score (nSPS) is 21.4. The summed E-state index contributed by atoms with van der Waals surface area (Å²) in [6.07, 6.45) is 10.8. The van der Waals surface area contributed by atoms with Crippen LogP contribution in [0.3, 0.4) is 0 Å². The molecule has 3 nitrogen and oxygen atoms in total. The Labute approximate surface area is 127 Å². The van der Waals surface area contributed by atoms with Gasteiger partial charge in [-0.05, 0) is 68.2 Å². The number of hydrogen-bond donors (Lipinski definition) is 2. The van der Waals surface area contributed by atoms with Gasteiger partial charge in [-0.15, -0.1) is 0 Å². The van der Waals surface area contributed by atoms with Crippen molar-refractivity contribution in [1.29, 1.82) is 0 Å². The average Bonchev–Trinajstić information content (AvgIpc) is 2.51. The fourth-order valence-corrected chi connectivity index (χ4v) is 3.04. The number of ether oxygens (including phenoxy) is 1. The third-order valence-corrected chi connectivity index (χ3v) is 4.35. The van der Waals surface area contributed by atoms with Crippen LogP contribution in [0.2, 0.25) is 0 Å². The van der Waals surface area contributed by atoms with Crippen LogP contribution in [-0.4, -0.2) is 24.9 Å². The fraction of sp³-hybridized carbons (Fsp3) is 0.556. The predicted molar refractivity (Wildman–Crippen MR) is 86.4 cm³/mol. The second-order valence-electron chi connectivity index (χ2n) is 5.91. The molecule has 1 aromatic rings. The van der Waals surface area contributed by atoms with Gasteiger partial charge in [0.25, 0.3) is 0 Å². The van der Waals surface area contributed by atoms with Crippen molar-refractivity contribution in [2.75, 3.05) is 19.8 Å². The molecule has 0 fully saturated rings. The van der Waals surface area contributed by atoms with Gasteiger partial charge in [-0.1, -0.05) is 24.3 Å². The number of aliphatic hydroxyl groups excluding tert-OH is 1. The van der Waals surface area contributed by atoms with Crippen molar-refractivity contribution in [3.05, 3.63) is 42.0 Å². The van der Waals surface area contributed by atoms with Crippen LogP contribution in [0.5, 0.6) is 5.75 Å². The molecule has 1 aliphatic rings. The summed E-state index contributed by atoms with van der Waals surface area (Å²) in [6.45, 7) is 1.62. The van der Waals surface area contributed by atoms with Gasteiger partial charge in [-0.25, -0.2) is 0 Å². The highest BCUT2D eigenvalue weighted by molar-refractivity contribution is 5.27. The second kappa shape index (κ2) is 8.20. The van der Waals surface area contributed by atoms with Crippen LogP contribution in [0.25, 0.3) is 0 Å². The zero-order valence-electron chi connectivity index (χ0n) is 12.8. The molecular formula is C18H27NO2. The van der Waals surface area contributed by atoms with E-state index in [4.69, 9.17) is 10.5 Å². The maximum Gasteiger partial charge on any atom is 0.119 e. The SMILES string of the molecule is NCCc1ccc(OCCC2(CCO)C=CCCC2)cc1. The molecule has 0 spiro atoms. The van der Waals surface area contributed by atoms with E-state index in [1.807, 2.05) is 12.1 Å². The van der Waals surface area contributed by atoms with Crippen molar-refractivity contribution in [2.24, 2.45) is 11.1 Å². The first-order chi connectivity index (χ1) is 10.3. The Morgan fingerprint density at radius 1 is 1.19 bits per heavy atom. The summed E-state index contributed by atoms with van der Waals surface area (Å²) in [6, 6.07) is 8.18. The highest BCUT2D eigenvalue weighted by Gasteiger charge is 2.27. The van der Waals surface area contributed by atoms with Gasteiger partial charge in [0, 0.05) is 6.61 Å². The van der Waals surface area contributed by atoms with Crippen molar-refractivity contribution in [1.82, 2.24) is 0 Å². The summed E-state index contributed by atoms with van der Waals surface area (Å²) in [4.78, 5) is 0. The van der Waals surface area contributed by atoms with Crippen LogP contribution < -0.4 is 10.5 Å². The molecule has 116 valence electrons. The van der Waals surface area contributed by atoms with E-state index in [1.165, 1.54) is 12.0 Å². The fourth-order valence-electron chi connectivity index (χ4n) is 3.04. The van der Waals surface area contributed by atoms with E-state index in [9.17, 15) is 5.11 Å². The molecule has 2 rings (SSSR count). The topological polar surface area (TPSA) is 55.5 Å². The van der Waals surface area contributed by atoms with E-state index in [2.05, 4.69) is 24.3 Å². The minimum atomic E-state index is 0.131. The van der Waals surface area contributed by atoms with Gasteiger partial charge in [0.05, 0.1) is 6.61 Å². The molecule has 0 aliphatic heterocycles. The van der Waals surface area contributed by atoms with Gasteiger partial charge >= 0.3 is 0 Å². The number of aliphatic hydroxyl groups is 1. The monoisotopic (exact) mass is 289 g/mol. The first-order valence-corrected chi connectivity index (χ1v) is 7.98. The van der Waals surface area contributed by atoms with E-state index < -0.39 is 0 Å². The Bertz CT molecular complexity index is 441. The van der Waals surface area contributed by atoms with E-state index in [-0.39, 0.29) is 12.0 Å². The van der Waals surface area contributed by atoms with E-state index in [0.29, 0.717) is 13.2 Å². The molecule has 0 saturated heterocycles. The molecule has 0 radical (unpaired) electrons. The summed E-state index contributed by atoms with van der Waals surface area (Å²) in [7, 11) is 0. The lowest BCUT2D eigenvalue weighted by atomic mass is 9.74. The first-order valence-electron chi connectivity index (χ1n) is 7.98. The van der Waals surface area contributed by atoms with Crippen molar-refractivity contribution in [3.63, 3.8) is 0 Å². The number of allylic oxidation sites excluding steroid dienone is 2. The molecule has 3 heteroatoms. The zero-order chi connectivity index (χ0) is 15.0. The molecular weight excluding hydrogens is 262 g/mol. The molecule has 1 unspecified atom stereocenters. The van der Waals surface area contributed by atoms with Gasteiger partial charge in [0.2, 0.25) is 0 Å². The van der Waals surface area contributed by atoms with Crippen LogP contribution in [0, 0.1) is 5.41 Å². The second-order valence-corrected chi connectivity index (χ2v) is 5.91. The Morgan fingerprint density at radius 2 is 2.00 bits per heavy atom. The number of benzene rings is 1. The van der Waals surface area contributed by atoms with Gasteiger partial charge in [-0.3, -0.25) is 0 Å². The summed E-state index contributed by atoms with van der Waals surface area (Å²) in [5.41, 5.74) is 6.92. The quantitative estimate of drug-likeness (QED) is 0.723. The predicted octanol–water partition coefficient (Wildman–Crippen LogP) is 3.07. The molecule has 3 N–H and O–H groups in total. The zero-order valence-corrected chi connectivity index (χ0v) is 12.8. The van der Waals surface area contributed by atoms with Crippen molar-refractivity contribution in [3.8, 4) is 5.75 Å². The average molecular weight is 289 g/mol. The molecule has 0 saturated carbocycles. The lowest BCUT2D eigenvalue weighted by molar-refractivity contribution is 0.165. The molecule has 0 bridgehead atoms. The minimum absolute atomic E-state index is 0.131. The Morgan fingerprint density at radius 3 is 2.62 bits per heavy atom. The van der Waals surface area contributed by atoms with Crippen LogP contribution >= 0.6 is 0 Å². The lowest BCUT2D eigenvalue weighted by Gasteiger charge is -2.32. The maximum absolute atomic E-state index is 9.30. The summed E-state index contributed by atoms with van der Waals surface area (Å²) >= 11 is 0. The Kier molecular flexibility index (Phi) is 6.27. The van der Waals surface area contributed by atoms with E-state index in [1.54, 1.807) is 0 Å². The molecule has 1 atom stereocenters. The first kappa shape index (κ1) is 16.1. The van der Waals surface area contributed by atoms with E-state index >= 15 is 0 Å². The van der Waals surface area contributed by atoms with Gasteiger partial charge in [-0.2, -0.15) is 0 Å². The van der Waals surface area contributed by atoms with Crippen LogP contribution in [0.15, 0.2) is 36.4 Å². The minimum Gasteiger partial charge on any atom is -0.494 e. The Hall–Kier alpha value is -1.32. The van der Waals surface area contributed by atoms with Crippen molar-refractivity contribution < 1.29 is 9.84 Å². The van der Waals surface area contributed by atoms with Crippen LogP contribution in [-0.2, 0) is 6.42 Å². The molecule has 1 aliphatic carbocycles. The highest BCUT2D eigenvalue weighted by atomic mass is 16.5.